The van der Waals surface area contributed by atoms with E-state index in [9.17, 15) is 45.6 Å². The van der Waals surface area contributed by atoms with E-state index in [-0.39, 0.29) is 11.5 Å². The number of epoxide rings is 1. The first-order valence-electron chi connectivity index (χ1n) is 15.4. The van der Waals surface area contributed by atoms with Crippen molar-refractivity contribution in [3.63, 3.8) is 0 Å². The lowest BCUT2D eigenvalue weighted by atomic mass is 9.85. The first kappa shape index (κ1) is 34.9. The Hall–Kier alpha value is -2.91. The monoisotopic (exact) mass is 684 g/mol. The quantitative estimate of drug-likeness (QED) is 0.0705. The zero-order valence-electron chi connectivity index (χ0n) is 25.9. The average molecular weight is 685 g/mol. The highest BCUT2D eigenvalue weighted by molar-refractivity contribution is 5.87. The summed E-state index contributed by atoms with van der Waals surface area (Å²) in [5, 5.41) is 82.7. The Bertz CT molecular complexity index is 1370. The number of methoxy groups -OCH3 is 1. The fraction of sp³-hybridized carbons (Fsp3) is 0.645. The number of aliphatic hydroxyl groups excluding tert-OH is 7. The summed E-state index contributed by atoms with van der Waals surface area (Å²) in [4.78, 5) is 12.7. The molecule has 16 unspecified atom stereocenters. The number of benzene rings is 1. The van der Waals surface area contributed by atoms with Crippen LogP contribution in [0.2, 0.25) is 0 Å². The standard InChI is InChI=1S/C31H40O17/c1-12-20(36)26(45-18(35)6-4-13-3-5-16(41-2)15(34)9-13)24(40)30(43-12)46-25-14-7-8-42-28(19(14)31(11-33)27(25)48-31)47-29-23(39)22(38)21(37)17(10-32)44-29/h3-9,12,14,17,19-30,32-34,36-40H,10-11H2,1-2H3. The minimum absolute atomic E-state index is 0.137. The maximum absolute atomic E-state index is 12.7. The van der Waals surface area contributed by atoms with Crippen molar-refractivity contribution in [2.24, 2.45) is 11.8 Å². The van der Waals surface area contributed by atoms with E-state index in [1.165, 1.54) is 38.5 Å². The van der Waals surface area contributed by atoms with Crippen LogP contribution in [0.1, 0.15) is 12.5 Å². The van der Waals surface area contributed by atoms with Gasteiger partial charge in [0.25, 0.3) is 0 Å². The van der Waals surface area contributed by atoms with Gasteiger partial charge < -0.3 is 78.7 Å². The van der Waals surface area contributed by atoms with Crippen molar-refractivity contribution in [1.82, 2.24) is 0 Å². The molecule has 1 aromatic rings. The second-order valence-electron chi connectivity index (χ2n) is 12.4. The maximum atomic E-state index is 12.7. The Morgan fingerprint density at radius 2 is 1.69 bits per heavy atom. The molecule has 0 radical (unpaired) electrons. The van der Waals surface area contributed by atoms with E-state index in [4.69, 9.17) is 37.9 Å². The van der Waals surface area contributed by atoms with Gasteiger partial charge in [-0.2, -0.15) is 0 Å². The molecule has 4 fully saturated rings. The van der Waals surface area contributed by atoms with Gasteiger partial charge in [-0.15, -0.1) is 0 Å². The van der Waals surface area contributed by atoms with Gasteiger partial charge in [-0.3, -0.25) is 0 Å². The number of aromatic hydroxyl groups is 1. The van der Waals surface area contributed by atoms with Crippen LogP contribution >= 0.6 is 0 Å². The predicted molar refractivity (Wildman–Crippen MR) is 155 cm³/mol. The highest BCUT2D eigenvalue weighted by Crippen LogP contribution is 2.61. The molecular weight excluding hydrogens is 644 g/mol. The molecule has 0 spiro atoms. The van der Waals surface area contributed by atoms with Crippen molar-refractivity contribution in [2.75, 3.05) is 20.3 Å². The minimum Gasteiger partial charge on any atom is -0.504 e. The van der Waals surface area contributed by atoms with Crippen LogP contribution in [0.25, 0.3) is 6.08 Å². The number of aliphatic hydroxyl groups is 7. The lowest BCUT2D eigenvalue weighted by Crippen LogP contribution is -2.60. The lowest BCUT2D eigenvalue weighted by molar-refractivity contribution is -0.347. The van der Waals surface area contributed by atoms with E-state index >= 15 is 0 Å². The normalized spacial score (nSPS) is 44.9. The molecular formula is C31H40O17. The molecule has 4 heterocycles. The van der Waals surface area contributed by atoms with E-state index in [0.717, 1.165) is 6.08 Å². The number of fused-ring (bicyclic) bond motifs is 3. The van der Waals surface area contributed by atoms with E-state index in [2.05, 4.69) is 0 Å². The third-order valence-electron chi connectivity index (χ3n) is 9.54. The van der Waals surface area contributed by atoms with Crippen molar-refractivity contribution < 1.29 is 83.5 Å². The number of phenols is 1. The van der Waals surface area contributed by atoms with Crippen molar-refractivity contribution in [1.29, 1.82) is 0 Å². The number of carbonyl (C=O) groups is 1. The second-order valence-corrected chi connectivity index (χ2v) is 12.4. The highest BCUT2D eigenvalue weighted by atomic mass is 16.8. The van der Waals surface area contributed by atoms with Crippen LogP contribution < -0.4 is 4.74 Å². The van der Waals surface area contributed by atoms with Crippen LogP contribution in [-0.2, 0) is 38.0 Å². The van der Waals surface area contributed by atoms with E-state index in [1.54, 1.807) is 12.1 Å². The van der Waals surface area contributed by atoms with E-state index in [1.807, 2.05) is 0 Å². The van der Waals surface area contributed by atoms with Gasteiger partial charge in [0.05, 0.1) is 44.7 Å². The molecule has 0 bridgehead atoms. The summed E-state index contributed by atoms with van der Waals surface area (Å²) in [6, 6.07) is 4.48. The number of esters is 1. The third kappa shape index (κ3) is 6.19. The SMILES string of the molecule is COc1ccc(C=CC(=O)OC2C(O)C(C)OC(OC3C4C=COC(OC5OC(CO)C(O)C(O)C5O)C4C4(CO)OC34)C2O)cc1O. The number of phenolic OH excluding ortho intramolecular Hbond substituents is 1. The third-order valence-corrected chi connectivity index (χ3v) is 9.54. The highest BCUT2D eigenvalue weighted by Gasteiger charge is 2.77. The number of hydrogen-bond acceptors (Lipinski definition) is 17. The molecule has 266 valence electrons. The molecule has 1 saturated carbocycles. The topological polar surface area (TPSA) is 256 Å². The number of ether oxygens (including phenoxy) is 8. The molecule has 0 amide bonds. The van der Waals surface area contributed by atoms with Gasteiger partial charge in [-0.1, -0.05) is 6.07 Å². The zero-order chi connectivity index (χ0) is 34.5. The van der Waals surface area contributed by atoms with Gasteiger partial charge in [0.1, 0.15) is 48.3 Å². The summed E-state index contributed by atoms with van der Waals surface area (Å²) in [5.41, 5.74) is -0.783. The van der Waals surface area contributed by atoms with Crippen LogP contribution in [0, 0.1) is 11.8 Å². The molecule has 5 aliphatic rings. The van der Waals surface area contributed by atoms with Gasteiger partial charge in [0.2, 0.25) is 6.29 Å². The molecule has 1 aromatic carbocycles. The molecule has 17 heteroatoms. The first-order valence-corrected chi connectivity index (χ1v) is 15.4. The smallest absolute Gasteiger partial charge is 0.331 e. The number of hydrogen-bond donors (Lipinski definition) is 8. The van der Waals surface area contributed by atoms with Crippen molar-refractivity contribution in [3.8, 4) is 11.5 Å². The van der Waals surface area contributed by atoms with Gasteiger partial charge in [0, 0.05) is 12.0 Å². The maximum Gasteiger partial charge on any atom is 0.331 e. The van der Waals surface area contributed by atoms with Crippen LogP contribution in [0.5, 0.6) is 11.5 Å². The summed E-state index contributed by atoms with van der Waals surface area (Å²) < 4.78 is 45.3. The zero-order valence-corrected chi connectivity index (χ0v) is 25.9. The first-order chi connectivity index (χ1) is 22.9. The molecule has 0 aromatic heterocycles. The van der Waals surface area contributed by atoms with Gasteiger partial charge >= 0.3 is 5.97 Å². The van der Waals surface area contributed by atoms with E-state index < -0.39 is 117 Å². The summed E-state index contributed by atoms with van der Waals surface area (Å²) >= 11 is 0. The molecule has 8 N–H and O–H groups in total. The van der Waals surface area contributed by atoms with Gasteiger partial charge in [0.15, 0.2) is 30.2 Å². The number of carbonyl (C=O) groups excluding carboxylic acids is 1. The molecule has 17 nitrogen and oxygen atoms in total. The molecule has 16 atom stereocenters. The van der Waals surface area contributed by atoms with Crippen LogP contribution in [0.4, 0.5) is 0 Å². The van der Waals surface area contributed by atoms with Crippen molar-refractivity contribution in [3.05, 3.63) is 42.2 Å². The van der Waals surface area contributed by atoms with Gasteiger partial charge in [-0.05, 0) is 36.8 Å². The largest absolute Gasteiger partial charge is 0.504 e. The molecule has 1 aliphatic carbocycles. The fourth-order valence-corrected chi connectivity index (χ4v) is 6.86. The lowest BCUT2D eigenvalue weighted by Gasteiger charge is -2.44. The fourth-order valence-electron chi connectivity index (χ4n) is 6.86. The Morgan fingerprint density at radius 1 is 0.938 bits per heavy atom. The Labute approximate surface area is 274 Å². The summed E-state index contributed by atoms with van der Waals surface area (Å²) in [7, 11) is 1.40. The molecule has 4 aliphatic heterocycles. The molecule has 48 heavy (non-hydrogen) atoms. The van der Waals surface area contributed by atoms with E-state index in [0.29, 0.717) is 5.56 Å². The Morgan fingerprint density at radius 3 is 2.38 bits per heavy atom. The van der Waals surface area contributed by atoms with Crippen LogP contribution in [0.15, 0.2) is 36.6 Å². The minimum atomic E-state index is -1.71. The average Bonchev–Trinajstić information content (AvgIpc) is 3.75. The van der Waals surface area contributed by atoms with Gasteiger partial charge in [-0.25, -0.2) is 4.79 Å². The summed E-state index contributed by atoms with van der Waals surface area (Å²) in [6.45, 7) is 0.346. The summed E-state index contributed by atoms with van der Waals surface area (Å²) in [6.07, 6.45) is -12.1. The molecule has 6 rings (SSSR count). The van der Waals surface area contributed by atoms with Crippen LogP contribution in [0.3, 0.4) is 0 Å². The van der Waals surface area contributed by atoms with Crippen LogP contribution in [-0.4, -0.2) is 153 Å². The Kier molecular flexibility index (Phi) is 10.0. The second kappa shape index (κ2) is 13.8. The van der Waals surface area contributed by atoms with Crippen molar-refractivity contribution in [2.45, 2.75) is 92.4 Å². The van der Waals surface area contributed by atoms with Crippen molar-refractivity contribution >= 4 is 12.0 Å². The Balaban J connectivity index is 1.14. The summed E-state index contributed by atoms with van der Waals surface area (Å²) in [5.74, 6) is -2.13. The predicted octanol–water partition coefficient (Wildman–Crippen LogP) is -2.76. The molecule has 3 saturated heterocycles. The number of rotatable bonds is 10.